The first-order valence-corrected chi connectivity index (χ1v) is 3.24. The van der Waals surface area contributed by atoms with Crippen molar-refractivity contribution in [1.82, 2.24) is 5.32 Å². The summed E-state index contributed by atoms with van der Waals surface area (Å²) in [6.07, 6.45) is 1.59. The maximum atomic E-state index is 8.61. The van der Waals surface area contributed by atoms with Crippen LogP contribution in [-0.2, 0) is 0 Å². The lowest BCUT2D eigenvalue weighted by atomic mass is 10.2. The van der Waals surface area contributed by atoms with E-state index in [9.17, 15) is 0 Å². The Hall–Kier alpha value is -0.120. The van der Waals surface area contributed by atoms with E-state index >= 15 is 0 Å². The molecule has 0 aromatic carbocycles. The summed E-state index contributed by atoms with van der Waals surface area (Å²) < 4.78 is 0. The van der Waals surface area contributed by atoms with Gasteiger partial charge in [0.05, 0.1) is 6.61 Å². The van der Waals surface area contributed by atoms with Gasteiger partial charge in [0, 0.05) is 12.6 Å². The van der Waals surface area contributed by atoms with Crippen LogP contribution < -0.4 is 5.32 Å². The average Bonchev–Trinajstić information content (AvgIpc) is 1.91. The van der Waals surface area contributed by atoms with Gasteiger partial charge < -0.3 is 15.5 Å². The molecule has 0 saturated heterocycles. The molecule has 1 unspecified atom stereocenters. The molecule has 0 aromatic heterocycles. The Bertz CT molecular complexity index is 55.0. The number of hydrogen-bond acceptors (Lipinski definition) is 3. The zero-order chi connectivity index (χ0) is 7.11. The molecule has 3 N–H and O–H groups in total. The molecule has 9 heavy (non-hydrogen) atoms. The number of nitrogens with one attached hydrogen (secondary N) is 1. The molecule has 0 heterocycles. The maximum absolute atomic E-state index is 8.61. The van der Waals surface area contributed by atoms with Gasteiger partial charge in [-0.15, -0.1) is 0 Å². The summed E-state index contributed by atoms with van der Waals surface area (Å²) in [7, 11) is 1.80. The van der Waals surface area contributed by atoms with Crippen molar-refractivity contribution in [2.45, 2.75) is 18.9 Å². The molecule has 0 saturated carbocycles. The second-order valence-corrected chi connectivity index (χ2v) is 2.03. The van der Waals surface area contributed by atoms with Crippen LogP contribution in [0.3, 0.4) is 0 Å². The Morgan fingerprint density at radius 1 is 1.44 bits per heavy atom. The van der Waals surface area contributed by atoms with Crippen LogP contribution in [0.5, 0.6) is 0 Å². The van der Waals surface area contributed by atoms with Gasteiger partial charge in [-0.3, -0.25) is 0 Å². The van der Waals surface area contributed by atoms with E-state index < -0.39 is 0 Å². The second-order valence-electron chi connectivity index (χ2n) is 2.03. The van der Waals surface area contributed by atoms with Crippen LogP contribution in [0.1, 0.15) is 12.8 Å². The molecule has 3 heteroatoms. The molecule has 0 rings (SSSR count). The molecule has 0 aliphatic carbocycles. The van der Waals surface area contributed by atoms with Crippen molar-refractivity contribution in [2.75, 3.05) is 20.3 Å². The highest BCUT2D eigenvalue weighted by Crippen LogP contribution is 1.93. The van der Waals surface area contributed by atoms with Crippen molar-refractivity contribution < 1.29 is 10.2 Å². The van der Waals surface area contributed by atoms with Gasteiger partial charge in [0.15, 0.2) is 0 Å². The van der Waals surface area contributed by atoms with Gasteiger partial charge in [-0.2, -0.15) is 0 Å². The molecule has 0 bridgehead atoms. The topological polar surface area (TPSA) is 52.5 Å². The van der Waals surface area contributed by atoms with Crippen LogP contribution in [0.15, 0.2) is 0 Å². The molecule has 0 aliphatic heterocycles. The van der Waals surface area contributed by atoms with E-state index in [-0.39, 0.29) is 19.3 Å². The summed E-state index contributed by atoms with van der Waals surface area (Å²) >= 11 is 0. The summed E-state index contributed by atoms with van der Waals surface area (Å²) in [5.41, 5.74) is 0. The first kappa shape index (κ1) is 8.88. The monoisotopic (exact) mass is 133 g/mol. The normalized spacial score (nSPS) is 13.7. The molecule has 0 aliphatic rings. The smallest absolute Gasteiger partial charge is 0.0584 e. The predicted octanol–water partition coefficient (Wildman–Crippen LogP) is -0.661. The van der Waals surface area contributed by atoms with Crippen LogP contribution >= 0.6 is 0 Å². The quantitative estimate of drug-likeness (QED) is 0.466. The summed E-state index contributed by atoms with van der Waals surface area (Å²) in [6.45, 7) is 0.356. The minimum Gasteiger partial charge on any atom is -0.396 e. The fourth-order valence-electron chi connectivity index (χ4n) is 0.665. The van der Waals surface area contributed by atoms with Gasteiger partial charge in [0.2, 0.25) is 0 Å². The molecule has 0 amide bonds. The largest absolute Gasteiger partial charge is 0.396 e. The van der Waals surface area contributed by atoms with Gasteiger partial charge >= 0.3 is 0 Å². The van der Waals surface area contributed by atoms with Crippen molar-refractivity contribution in [2.24, 2.45) is 0 Å². The van der Waals surface area contributed by atoms with Crippen molar-refractivity contribution in [3.63, 3.8) is 0 Å². The third-order valence-corrected chi connectivity index (χ3v) is 1.34. The Morgan fingerprint density at radius 2 is 2.11 bits per heavy atom. The lowest BCUT2D eigenvalue weighted by Crippen LogP contribution is -2.28. The Labute approximate surface area is 55.7 Å². The minimum atomic E-state index is 0.149. The Morgan fingerprint density at radius 3 is 2.44 bits per heavy atom. The zero-order valence-electron chi connectivity index (χ0n) is 5.80. The number of aliphatic hydroxyl groups is 2. The average molecular weight is 133 g/mol. The minimum absolute atomic E-state index is 0.149. The van der Waals surface area contributed by atoms with Crippen molar-refractivity contribution in [1.29, 1.82) is 0 Å². The van der Waals surface area contributed by atoms with Crippen LogP contribution in [0.25, 0.3) is 0 Å². The van der Waals surface area contributed by atoms with E-state index in [1.165, 1.54) is 0 Å². The number of aliphatic hydroxyl groups excluding tert-OH is 2. The molecule has 0 fully saturated rings. The van der Waals surface area contributed by atoms with Gasteiger partial charge in [-0.1, -0.05) is 0 Å². The van der Waals surface area contributed by atoms with Crippen LogP contribution in [0, 0.1) is 0 Å². The first-order chi connectivity index (χ1) is 4.35. The summed E-state index contributed by atoms with van der Waals surface area (Å²) in [5, 5.41) is 19.9. The third-order valence-electron chi connectivity index (χ3n) is 1.34. The molecule has 0 aromatic rings. The fourth-order valence-corrected chi connectivity index (χ4v) is 0.665. The predicted molar refractivity (Wildman–Crippen MR) is 36.3 cm³/mol. The van der Waals surface area contributed by atoms with Gasteiger partial charge in [-0.25, -0.2) is 0 Å². The zero-order valence-corrected chi connectivity index (χ0v) is 5.80. The molecule has 0 radical (unpaired) electrons. The molecular formula is C6H15NO2. The SMILES string of the molecule is CNC(CO)CCCO. The summed E-state index contributed by atoms with van der Waals surface area (Å²) in [4.78, 5) is 0. The van der Waals surface area contributed by atoms with Crippen LogP contribution in [-0.4, -0.2) is 36.5 Å². The van der Waals surface area contributed by atoms with E-state index in [2.05, 4.69) is 5.32 Å². The maximum Gasteiger partial charge on any atom is 0.0584 e. The van der Waals surface area contributed by atoms with Crippen molar-refractivity contribution in [3.8, 4) is 0 Å². The molecule has 56 valence electrons. The van der Waals surface area contributed by atoms with E-state index in [4.69, 9.17) is 10.2 Å². The lowest BCUT2D eigenvalue weighted by Gasteiger charge is -2.10. The Balaban J connectivity index is 3.09. The molecule has 0 spiro atoms. The highest BCUT2D eigenvalue weighted by Gasteiger charge is 2.00. The number of hydrogen-bond donors (Lipinski definition) is 3. The van der Waals surface area contributed by atoms with E-state index in [0.29, 0.717) is 0 Å². The summed E-state index contributed by atoms with van der Waals surface area (Å²) in [6, 6.07) is 0.150. The van der Waals surface area contributed by atoms with Gasteiger partial charge in [-0.05, 0) is 19.9 Å². The number of likely N-dealkylation sites (N-methyl/N-ethyl adjacent to an activating group) is 1. The van der Waals surface area contributed by atoms with Crippen molar-refractivity contribution >= 4 is 0 Å². The standard InChI is InChI=1S/C6H15NO2/c1-7-6(5-9)3-2-4-8/h6-9H,2-5H2,1H3. The van der Waals surface area contributed by atoms with Gasteiger partial charge in [0.25, 0.3) is 0 Å². The van der Waals surface area contributed by atoms with Crippen LogP contribution in [0.4, 0.5) is 0 Å². The highest BCUT2D eigenvalue weighted by molar-refractivity contribution is 4.60. The highest BCUT2D eigenvalue weighted by atomic mass is 16.3. The second kappa shape index (κ2) is 6.01. The van der Waals surface area contributed by atoms with E-state index in [1.54, 1.807) is 7.05 Å². The first-order valence-electron chi connectivity index (χ1n) is 3.24. The van der Waals surface area contributed by atoms with E-state index in [0.717, 1.165) is 12.8 Å². The molecular weight excluding hydrogens is 118 g/mol. The number of rotatable bonds is 5. The van der Waals surface area contributed by atoms with E-state index in [1.807, 2.05) is 0 Å². The van der Waals surface area contributed by atoms with Gasteiger partial charge in [0.1, 0.15) is 0 Å². The third kappa shape index (κ3) is 4.39. The molecule has 3 nitrogen and oxygen atoms in total. The lowest BCUT2D eigenvalue weighted by molar-refractivity contribution is 0.223. The van der Waals surface area contributed by atoms with Crippen molar-refractivity contribution in [3.05, 3.63) is 0 Å². The fraction of sp³-hybridized carbons (Fsp3) is 1.00. The van der Waals surface area contributed by atoms with Crippen LogP contribution in [0.2, 0.25) is 0 Å². The summed E-state index contributed by atoms with van der Waals surface area (Å²) in [5.74, 6) is 0. The Kier molecular flexibility index (Phi) is 5.93. The molecule has 1 atom stereocenters.